The maximum absolute atomic E-state index is 11.4. The lowest BCUT2D eigenvalue weighted by Crippen LogP contribution is -2.16. The predicted octanol–water partition coefficient (Wildman–Crippen LogP) is 9.16. The molecule has 4 heterocycles. The van der Waals surface area contributed by atoms with Crippen LogP contribution in [0.4, 0.5) is 0 Å². The molecule has 4 N–H and O–H groups in total. The van der Waals surface area contributed by atoms with Gasteiger partial charge in [-0.25, -0.2) is 4.79 Å². The van der Waals surface area contributed by atoms with Gasteiger partial charge in [0.05, 0.1) is 22.0 Å². The Kier molecular flexibility index (Phi) is 32.2. The Morgan fingerprint density at radius 2 is 0.982 bits per heavy atom. The summed E-state index contributed by atoms with van der Waals surface area (Å²) in [6.45, 7) is 4.26. The number of carboxylic acids is 1. The van der Waals surface area contributed by atoms with Gasteiger partial charge in [0, 0.05) is 35.8 Å². The van der Waals surface area contributed by atoms with Crippen molar-refractivity contribution in [3.63, 3.8) is 0 Å². The zero-order chi connectivity index (χ0) is 41.2. The summed E-state index contributed by atoms with van der Waals surface area (Å²) in [5, 5.41) is 44.5. The molecule has 4 aromatic heterocycles. The Bertz CT molecular complexity index is 1620. The van der Waals surface area contributed by atoms with Gasteiger partial charge in [0.15, 0.2) is 17.7 Å². The standard InChI is InChI=1S/2C9H15NOS.C9H13NOS.C8H8O3.C6H6OS.CH4.ClH/c3*1-10(2)6-5-8(11)9-4-3-7-12-9;9-7(8(10)11)6-4-2-1-3-5-6;1-5(7)6-3-2-4-8-6;;/h2*3-4,7-8,11H,5-6H2,1-2H3;3-4,7H,5-6H2,1-2H3;1-5,7,9H,(H,10,11);2-4H,1H3;1H4;1H/t8-;;;7-;;;/m0..0.../s1. The fraction of sp³-hybridized carbons (Fsp3) is 0.405. The fourth-order valence-corrected chi connectivity index (χ4v) is 6.96. The van der Waals surface area contributed by atoms with Crippen LogP contribution in [0.15, 0.2) is 100 Å². The topological polar surface area (TPSA) is 142 Å². The molecular weight excluding hydrogens is 822 g/mol. The third-order valence-electron chi connectivity index (χ3n) is 7.24. The van der Waals surface area contributed by atoms with Crippen molar-refractivity contribution in [2.24, 2.45) is 0 Å². The number of aliphatic hydroxyl groups is 3. The van der Waals surface area contributed by atoms with Crippen LogP contribution in [-0.4, -0.2) is 115 Å². The number of Topliss-reactive ketones (excluding diaryl/α,β-unsaturated/α-hetero) is 2. The molecule has 0 aliphatic heterocycles. The van der Waals surface area contributed by atoms with Gasteiger partial charge in [-0.1, -0.05) is 62.0 Å². The molecule has 5 rings (SSSR count). The largest absolute Gasteiger partial charge is 0.479 e. The first-order valence-corrected chi connectivity index (χ1v) is 21.1. The molecule has 57 heavy (non-hydrogen) atoms. The molecule has 0 saturated carbocycles. The summed E-state index contributed by atoms with van der Waals surface area (Å²) in [7, 11) is 12.0. The molecule has 0 aliphatic rings. The van der Waals surface area contributed by atoms with Gasteiger partial charge < -0.3 is 35.1 Å². The van der Waals surface area contributed by atoms with Gasteiger partial charge in [0.25, 0.3) is 0 Å². The lowest BCUT2D eigenvalue weighted by Gasteiger charge is -2.12. The minimum Gasteiger partial charge on any atom is -0.479 e. The molecular formula is C42H62ClN3O7S4. The molecule has 3 atom stereocenters. The molecule has 0 radical (unpaired) electrons. The number of carbonyl (C=O) groups is 3. The van der Waals surface area contributed by atoms with E-state index in [1.165, 1.54) is 22.7 Å². The van der Waals surface area contributed by atoms with Gasteiger partial charge in [-0.2, -0.15) is 0 Å². The van der Waals surface area contributed by atoms with E-state index in [0.29, 0.717) is 12.0 Å². The average molecular weight is 885 g/mol. The number of carbonyl (C=O) groups excluding carboxylic acids is 2. The van der Waals surface area contributed by atoms with Crippen LogP contribution in [0.2, 0.25) is 0 Å². The maximum Gasteiger partial charge on any atom is 0.337 e. The molecule has 1 unspecified atom stereocenters. The summed E-state index contributed by atoms with van der Waals surface area (Å²) >= 11 is 6.22. The van der Waals surface area contributed by atoms with Gasteiger partial charge in [0.1, 0.15) is 0 Å². The van der Waals surface area contributed by atoms with Gasteiger partial charge in [-0.3, -0.25) is 9.59 Å². The normalized spacial score (nSPS) is 11.7. The zero-order valence-electron chi connectivity index (χ0n) is 33.2. The van der Waals surface area contributed by atoms with Crippen LogP contribution in [0, 0.1) is 0 Å². The van der Waals surface area contributed by atoms with Crippen LogP contribution in [-0.2, 0) is 4.79 Å². The van der Waals surface area contributed by atoms with Gasteiger partial charge in [-0.15, -0.1) is 57.8 Å². The Labute approximate surface area is 362 Å². The van der Waals surface area contributed by atoms with Crippen molar-refractivity contribution in [3.05, 3.63) is 125 Å². The lowest BCUT2D eigenvalue weighted by atomic mass is 10.1. The molecule has 0 spiro atoms. The molecule has 0 amide bonds. The highest BCUT2D eigenvalue weighted by atomic mass is 35.5. The van der Waals surface area contributed by atoms with E-state index in [4.69, 9.17) is 10.2 Å². The number of hydrogen-bond acceptors (Lipinski definition) is 13. The monoisotopic (exact) mass is 883 g/mol. The molecule has 0 saturated heterocycles. The highest BCUT2D eigenvalue weighted by Gasteiger charge is 2.14. The van der Waals surface area contributed by atoms with E-state index in [1.807, 2.05) is 117 Å². The van der Waals surface area contributed by atoms with E-state index in [-0.39, 0.29) is 43.6 Å². The second-order valence-corrected chi connectivity index (χ2v) is 16.7. The van der Waals surface area contributed by atoms with Crippen molar-refractivity contribution < 1.29 is 34.8 Å². The van der Waals surface area contributed by atoms with E-state index in [9.17, 15) is 24.6 Å². The van der Waals surface area contributed by atoms with Crippen molar-refractivity contribution in [3.8, 4) is 0 Å². The van der Waals surface area contributed by atoms with Crippen molar-refractivity contribution >= 4 is 75.3 Å². The Balaban J connectivity index is 0. The highest BCUT2D eigenvalue weighted by Crippen LogP contribution is 2.22. The number of aliphatic carboxylic acids is 1. The first-order valence-electron chi connectivity index (χ1n) is 17.6. The minimum absolute atomic E-state index is 0. The van der Waals surface area contributed by atoms with Gasteiger partial charge >= 0.3 is 5.97 Å². The number of rotatable bonds is 15. The van der Waals surface area contributed by atoms with Crippen molar-refractivity contribution in [2.75, 3.05) is 61.9 Å². The average Bonchev–Trinajstić information content (AvgIpc) is 4.00. The van der Waals surface area contributed by atoms with Crippen molar-refractivity contribution in [1.29, 1.82) is 0 Å². The van der Waals surface area contributed by atoms with Crippen LogP contribution in [0.1, 0.15) is 86.6 Å². The molecule has 1 aromatic carbocycles. The van der Waals surface area contributed by atoms with Crippen molar-refractivity contribution in [2.45, 2.75) is 51.9 Å². The smallest absolute Gasteiger partial charge is 0.337 e. The first kappa shape index (κ1) is 56.0. The third kappa shape index (κ3) is 26.5. The molecule has 0 aliphatic carbocycles. The molecule has 15 heteroatoms. The molecule has 0 bridgehead atoms. The van der Waals surface area contributed by atoms with Crippen LogP contribution in [0.5, 0.6) is 0 Å². The minimum atomic E-state index is -1.41. The van der Waals surface area contributed by atoms with Crippen LogP contribution in [0.3, 0.4) is 0 Å². The highest BCUT2D eigenvalue weighted by molar-refractivity contribution is 7.12. The van der Waals surface area contributed by atoms with Crippen molar-refractivity contribution in [1.82, 2.24) is 14.7 Å². The van der Waals surface area contributed by atoms with E-state index >= 15 is 0 Å². The lowest BCUT2D eigenvalue weighted by molar-refractivity contribution is -0.146. The summed E-state index contributed by atoms with van der Waals surface area (Å²) in [5.41, 5.74) is 0.403. The molecule has 10 nitrogen and oxygen atoms in total. The Hall–Kier alpha value is -3.12. The SMILES string of the molecule is C.CC(=O)c1cccs1.CN(C)CCC(=O)c1cccs1.CN(C)CCC(O)c1cccs1.CN(C)CC[C@H](O)c1cccs1.Cl.O=C(O)[C@@H](O)c1ccccc1. The summed E-state index contributed by atoms with van der Waals surface area (Å²) in [4.78, 5) is 42.2. The number of carboxylic acid groups (broad SMARTS) is 1. The number of hydrogen-bond donors (Lipinski definition) is 4. The van der Waals surface area contributed by atoms with E-state index in [0.717, 1.165) is 52.0 Å². The zero-order valence-corrected chi connectivity index (χ0v) is 37.3. The number of aliphatic hydroxyl groups excluding tert-OH is 3. The van der Waals surface area contributed by atoms with E-state index < -0.39 is 12.1 Å². The van der Waals surface area contributed by atoms with Gasteiger partial charge in [-0.05, 0) is 113 Å². The van der Waals surface area contributed by atoms with E-state index in [2.05, 4.69) is 9.80 Å². The summed E-state index contributed by atoms with van der Waals surface area (Å²) in [6.07, 6.45) is 0.269. The first-order chi connectivity index (χ1) is 26.1. The van der Waals surface area contributed by atoms with Crippen LogP contribution < -0.4 is 0 Å². The Morgan fingerprint density at radius 3 is 1.30 bits per heavy atom. The number of halogens is 1. The quantitative estimate of drug-likeness (QED) is 0.0753. The third-order valence-corrected chi connectivity index (χ3v) is 11.1. The Morgan fingerprint density at radius 1 is 0.579 bits per heavy atom. The van der Waals surface area contributed by atoms with E-state index in [1.54, 1.807) is 59.9 Å². The van der Waals surface area contributed by atoms with Crippen LogP contribution >= 0.6 is 57.8 Å². The number of benzene rings is 1. The number of nitrogens with zero attached hydrogens (tertiary/aromatic N) is 3. The molecule has 318 valence electrons. The maximum atomic E-state index is 11.4. The summed E-state index contributed by atoms with van der Waals surface area (Å²) in [6, 6.07) is 23.6. The molecule has 5 aromatic rings. The summed E-state index contributed by atoms with van der Waals surface area (Å²) < 4.78 is 0. The number of thiophene rings is 4. The predicted molar refractivity (Wildman–Crippen MR) is 244 cm³/mol. The van der Waals surface area contributed by atoms with Gasteiger partial charge in [0.2, 0.25) is 0 Å². The second kappa shape index (κ2) is 32.8. The fourth-order valence-electron chi connectivity index (χ4n) is 4.15. The molecule has 0 fully saturated rings. The second-order valence-electron chi connectivity index (χ2n) is 12.9. The summed E-state index contributed by atoms with van der Waals surface area (Å²) in [5.74, 6) is -0.824. The van der Waals surface area contributed by atoms with Crippen LogP contribution in [0.25, 0.3) is 0 Å². The number of ketones is 2.